The zero-order valence-corrected chi connectivity index (χ0v) is 15.3. The van der Waals surface area contributed by atoms with E-state index in [1.165, 1.54) is 5.56 Å². The molecule has 1 aliphatic heterocycles. The SMILES string of the molecule is Cl.Cn1cc(C(=O)NCC2CCN(Cc3cccc(N)c3)CC2)cn1. The van der Waals surface area contributed by atoms with Gasteiger partial charge in [-0.1, -0.05) is 12.1 Å². The predicted molar refractivity (Wildman–Crippen MR) is 102 cm³/mol. The first kappa shape index (κ1) is 19.3. The number of hydrogen-bond donors (Lipinski definition) is 2. The Kier molecular flexibility index (Phi) is 6.84. The molecule has 0 spiro atoms. The number of nitrogens with two attached hydrogens (primary N) is 1. The number of nitrogens with zero attached hydrogens (tertiary/aromatic N) is 3. The number of aryl methyl sites for hydroxylation is 1. The minimum Gasteiger partial charge on any atom is -0.399 e. The monoisotopic (exact) mass is 363 g/mol. The van der Waals surface area contributed by atoms with Gasteiger partial charge in [-0.2, -0.15) is 5.10 Å². The molecule has 25 heavy (non-hydrogen) atoms. The first-order valence-electron chi connectivity index (χ1n) is 8.44. The third kappa shape index (κ3) is 5.47. The van der Waals surface area contributed by atoms with Gasteiger partial charge in [-0.05, 0) is 49.5 Å². The Bertz CT molecular complexity index is 694. The minimum absolute atomic E-state index is 0. The number of carbonyl (C=O) groups is 1. The van der Waals surface area contributed by atoms with Crippen molar-refractivity contribution in [1.82, 2.24) is 20.0 Å². The lowest BCUT2D eigenvalue weighted by molar-refractivity contribution is 0.0935. The van der Waals surface area contributed by atoms with E-state index in [2.05, 4.69) is 21.4 Å². The van der Waals surface area contributed by atoms with Crippen LogP contribution in [0.25, 0.3) is 0 Å². The van der Waals surface area contributed by atoms with Crippen LogP contribution in [0.5, 0.6) is 0 Å². The number of anilines is 1. The molecule has 0 aliphatic carbocycles. The Labute approximate surface area is 154 Å². The molecule has 0 saturated carbocycles. The van der Waals surface area contributed by atoms with Crippen molar-refractivity contribution in [3.05, 3.63) is 47.8 Å². The van der Waals surface area contributed by atoms with E-state index in [4.69, 9.17) is 5.73 Å². The third-order valence-corrected chi connectivity index (χ3v) is 4.58. The van der Waals surface area contributed by atoms with E-state index < -0.39 is 0 Å². The molecule has 2 heterocycles. The molecular weight excluding hydrogens is 338 g/mol. The van der Waals surface area contributed by atoms with E-state index >= 15 is 0 Å². The van der Waals surface area contributed by atoms with E-state index in [1.807, 2.05) is 25.2 Å². The summed E-state index contributed by atoms with van der Waals surface area (Å²) in [7, 11) is 1.81. The Morgan fingerprint density at radius 3 is 2.76 bits per heavy atom. The highest BCUT2D eigenvalue weighted by Gasteiger charge is 2.20. The number of aromatic nitrogens is 2. The Morgan fingerprint density at radius 2 is 2.12 bits per heavy atom. The van der Waals surface area contributed by atoms with E-state index in [0.717, 1.165) is 44.7 Å². The number of halogens is 1. The lowest BCUT2D eigenvalue weighted by atomic mass is 9.96. The number of amides is 1. The van der Waals surface area contributed by atoms with Gasteiger partial charge < -0.3 is 11.1 Å². The number of nitrogen functional groups attached to an aromatic ring is 1. The lowest BCUT2D eigenvalue weighted by Gasteiger charge is -2.32. The van der Waals surface area contributed by atoms with Crippen LogP contribution < -0.4 is 11.1 Å². The molecule has 0 radical (unpaired) electrons. The zero-order valence-electron chi connectivity index (χ0n) is 14.5. The smallest absolute Gasteiger partial charge is 0.254 e. The number of nitrogens with one attached hydrogen (secondary N) is 1. The van der Waals surface area contributed by atoms with Crippen molar-refractivity contribution < 1.29 is 4.79 Å². The molecular formula is C18H26ClN5O. The van der Waals surface area contributed by atoms with Gasteiger partial charge in [0.1, 0.15) is 0 Å². The minimum atomic E-state index is -0.0368. The molecule has 0 atom stereocenters. The third-order valence-electron chi connectivity index (χ3n) is 4.58. The van der Waals surface area contributed by atoms with Gasteiger partial charge >= 0.3 is 0 Å². The molecule has 2 aromatic rings. The van der Waals surface area contributed by atoms with Crippen LogP contribution in [0.15, 0.2) is 36.7 Å². The Morgan fingerprint density at radius 1 is 1.36 bits per heavy atom. The normalized spacial score (nSPS) is 15.6. The molecule has 3 N–H and O–H groups in total. The molecule has 1 aromatic carbocycles. The number of piperidine rings is 1. The fourth-order valence-electron chi connectivity index (χ4n) is 3.18. The molecule has 3 rings (SSSR count). The molecule has 6 nitrogen and oxygen atoms in total. The Balaban J connectivity index is 0.00000225. The van der Waals surface area contributed by atoms with Gasteiger partial charge in [0.05, 0.1) is 11.8 Å². The van der Waals surface area contributed by atoms with Gasteiger partial charge in [0.25, 0.3) is 5.91 Å². The lowest BCUT2D eigenvalue weighted by Crippen LogP contribution is -2.38. The summed E-state index contributed by atoms with van der Waals surface area (Å²) in [5.74, 6) is 0.507. The predicted octanol–water partition coefficient (Wildman–Crippen LogP) is 2.07. The average molecular weight is 364 g/mol. The molecule has 1 amide bonds. The van der Waals surface area contributed by atoms with Gasteiger partial charge in [-0.15, -0.1) is 12.4 Å². The standard InChI is InChI=1S/C18H25N5O.ClH/c1-22-13-16(11-21-22)18(24)20-10-14-5-7-23(8-6-14)12-15-3-2-4-17(19)9-15;/h2-4,9,11,13-14H,5-8,10,12,19H2,1H3,(H,20,24);1H. The molecule has 1 fully saturated rings. The highest BCUT2D eigenvalue weighted by Crippen LogP contribution is 2.19. The van der Waals surface area contributed by atoms with Crippen LogP contribution in [0.1, 0.15) is 28.8 Å². The van der Waals surface area contributed by atoms with Crippen molar-refractivity contribution in [3.63, 3.8) is 0 Å². The second-order valence-corrected chi connectivity index (χ2v) is 6.58. The van der Waals surface area contributed by atoms with Crippen molar-refractivity contribution in [3.8, 4) is 0 Å². The maximum atomic E-state index is 12.1. The van der Waals surface area contributed by atoms with Crippen LogP contribution in [0.4, 0.5) is 5.69 Å². The van der Waals surface area contributed by atoms with Crippen molar-refractivity contribution in [2.24, 2.45) is 13.0 Å². The summed E-state index contributed by atoms with van der Waals surface area (Å²) >= 11 is 0. The number of likely N-dealkylation sites (tertiary alicyclic amines) is 1. The average Bonchev–Trinajstić information content (AvgIpc) is 3.01. The maximum absolute atomic E-state index is 12.1. The van der Waals surface area contributed by atoms with Crippen molar-refractivity contribution in [1.29, 1.82) is 0 Å². The van der Waals surface area contributed by atoms with E-state index in [1.54, 1.807) is 17.1 Å². The molecule has 1 saturated heterocycles. The summed E-state index contributed by atoms with van der Waals surface area (Å²) in [6.07, 6.45) is 5.55. The van der Waals surface area contributed by atoms with Crippen molar-refractivity contribution in [2.75, 3.05) is 25.4 Å². The largest absolute Gasteiger partial charge is 0.399 e. The number of carbonyl (C=O) groups excluding carboxylic acids is 1. The summed E-state index contributed by atoms with van der Waals surface area (Å²) in [4.78, 5) is 14.5. The van der Waals surface area contributed by atoms with Crippen LogP contribution >= 0.6 is 12.4 Å². The maximum Gasteiger partial charge on any atom is 0.254 e. The molecule has 1 aliphatic rings. The van der Waals surface area contributed by atoms with Crippen molar-refractivity contribution in [2.45, 2.75) is 19.4 Å². The van der Waals surface area contributed by atoms with Gasteiger partial charge in [-0.25, -0.2) is 0 Å². The summed E-state index contributed by atoms with van der Waals surface area (Å²) < 4.78 is 1.64. The number of rotatable bonds is 5. The van der Waals surface area contributed by atoms with Gasteiger partial charge in [-0.3, -0.25) is 14.4 Å². The van der Waals surface area contributed by atoms with Gasteiger partial charge in [0.2, 0.25) is 0 Å². The van der Waals surface area contributed by atoms with Crippen LogP contribution in [0, 0.1) is 5.92 Å². The fourth-order valence-corrected chi connectivity index (χ4v) is 3.18. The summed E-state index contributed by atoms with van der Waals surface area (Å²) in [6, 6.07) is 8.09. The van der Waals surface area contributed by atoms with Gasteiger partial charge in [0, 0.05) is 32.0 Å². The Hall–Kier alpha value is -2.05. The van der Waals surface area contributed by atoms with Crippen LogP contribution in [-0.4, -0.2) is 40.2 Å². The van der Waals surface area contributed by atoms with E-state index in [0.29, 0.717) is 11.5 Å². The summed E-state index contributed by atoms with van der Waals surface area (Å²) in [6.45, 7) is 3.80. The van der Waals surface area contributed by atoms with Crippen LogP contribution in [0.2, 0.25) is 0 Å². The van der Waals surface area contributed by atoms with Crippen LogP contribution in [0.3, 0.4) is 0 Å². The van der Waals surface area contributed by atoms with E-state index in [9.17, 15) is 4.79 Å². The summed E-state index contributed by atoms with van der Waals surface area (Å²) in [5.41, 5.74) is 8.54. The second-order valence-electron chi connectivity index (χ2n) is 6.58. The molecule has 0 bridgehead atoms. The topological polar surface area (TPSA) is 76.2 Å². The van der Waals surface area contributed by atoms with Crippen LogP contribution in [-0.2, 0) is 13.6 Å². The fraction of sp³-hybridized carbons (Fsp3) is 0.444. The summed E-state index contributed by atoms with van der Waals surface area (Å²) in [5, 5.41) is 7.06. The number of benzene rings is 1. The number of hydrogen-bond acceptors (Lipinski definition) is 4. The van der Waals surface area contributed by atoms with Gasteiger partial charge in [0.15, 0.2) is 0 Å². The molecule has 0 unspecified atom stereocenters. The first-order chi connectivity index (χ1) is 11.6. The molecule has 136 valence electrons. The molecule has 7 heteroatoms. The first-order valence-corrected chi connectivity index (χ1v) is 8.44. The quantitative estimate of drug-likeness (QED) is 0.797. The van der Waals surface area contributed by atoms with E-state index in [-0.39, 0.29) is 18.3 Å². The highest BCUT2D eigenvalue weighted by molar-refractivity contribution is 5.93. The van der Waals surface area contributed by atoms with Crippen molar-refractivity contribution >= 4 is 24.0 Å². The highest BCUT2D eigenvalue weighted by atomic mass is 35.5. The second kappa shape index (κ2) is 8.87. The molecule has 1 aromatic heterocycles. The zero-order chi connectivity index (χ0) is 16.9.